The molecule has 0 fully saturated rings. The van der Waals surface area contributed by atoms with E-state index in [1.807, 2.05) is 46.8 Å². The first-order valence-corrected chi connectivity index (χ1v) is 8.99. The molecule has 27 heavy (non-hydrogen) atoms. The summed E-state index contributed by atoms with van der Waals surface area (Å²) >= 11 is 0. The van der Waals surface area contributed by atoms with Crippen LogP contribution in [-0.2, 0) is 24.3 Å². The molecule has 3 heterocycles. The fourth-order valence-corrected chi connectivity index (χ4v) is 3.21. The summed E-state index contributed by atoms with van der Waals surface area (Å²) in [5.41, 5.74) is 3.43. The molecule has 1 atom stereocenters. The number of aromatic nitrogens is 6. The molecular formula is C18H21N7O2. The second-order valence-electron chi connectivity index (χ2n) is 6.62. The van der Waals surface area contributed by atoms with Gasteiger partial charge in [0.1, 0.15) is 6.33 Å². The van der Waals surface area contributed by atoms with Crippen molar-refractivity contribution < 1.29 is 9.90 Å². The minimum absolute atomic E-state index is 0.0789. The van der Waals surface area contributed by atoms with E-state index in [0.717, 1.165) is 16.9 Å². The van der Waals surface area contributed by atoms with Crippen molar-refractivity contribution in [2.45, 2.75) is 39.0 Å². The maximum Gasteiger partial charge on any atom is 0.227 e. The molecule has 9 nitrogen and oxygen atoms in total. The van der Waals surface area contributed by atoms with Gasteiger partial charge in [-0.05, 0) is 40.6 Å². The lowest BCUT2D eigenvalue weighted by Crippen LogP contribution is -2.39. The van der Waals surface area contributed by atoms with Gasteiger partial charge in [-0.1, -0.05) is 19.1 Å². The summed E-state index contributed by atoms with van der Waals surface area (Å²) in [4.78, 5) is 14.5. The second kappa shape index (κ2) is 7.28. The Bertz CT molecular complexity index is 918. The number of hydrogen-bond acceptors (Lipinski definition) is 6. The highest BCUT2D eigenvalue weighted by Crippen LogP contribution is 2.20. The Morgan fingerprint density at radius 2 is 2.07 bits per heavy atom. The number of aliphatic hydroxyl groups is 1. The van der Waals surface area contributed by atoms with Crippen LogP contribution in [0.4, 0.5) is 0 Å². The molecule has 1 aliphatic rings. The van der Waals surface area contributed by atoms with E-state index in [9.17, 15) is 9.90 Å². The van der Waals surface area contributed by atoms with Crippen molar-refractivity contribution in [2.75, 3.05) is 6.54 Å². The Balaban J connectivity index is 1.41. The quantitative estimate of drug-likeness (QED) is 0.718. The van der Waals surface area contributed by atoms with E-state index in [4.69, 9.17) is 0 Å². The third-order valence-electron chi connectivity index (χ3n) is 4.80. The number of tetrazole rings is 1. The van der Waals surface area contributed by atoms with Crippen molar-refractivity contribution in [3.8, 4) is 5.69 Å². The molecular weight excluding hydrogens is 346 g/mol. The van der Waals surface area contributed by atoms with Crippen LogP contribution >= 0.6 is 0 Å². The van der Waals surface area contributed by atoms with Crippen LogP contribution in [0.1, 0.15) is 36.4 Å². The average molecular weight is 367 g/mol. The van der Waals surface area contributed by atoms with Crippen molar-refractivity contribution in [3.05, 3.63) is 53.6 Å². The molecule has 1 aromatic carbocycles. The molecule has 9 heteroatoms. The Kier molecular flexibility index (Phi) is 4.68. The fourth-order valence-electron chi connectivity index (χ4n) is 3.21. The van der Waals surface area contributed by atoms with Gasteiger partial charge in [0.15, 0.2) is 0 Å². The minimum atomic E-state index is -0.550. The first-order valence-electron chi connectivity index (χ1n) is 8.99. The first-order chi connectivity index (χ1) is 13.1. The number of hydrogen-bond donors (Lipinski definition) is 1. The van der Waals surface area contributed by atoms with E-state index in [-0.39, 0.29) is 5.91 Å². The van der Waals surface area contributed by atoms with E-state index in [2.05, 4.69) is 20.6 Å². The molecule has 0 saturated heterocycles. The molecule has 0 radical (unpaired) electrons. The summed E-state index contributed by atoms with van der Waals surface area (Å²) in [5, 5.41) is 25.5. The first kappa shape index (κ1) is 17.3. The normalized spacial score (nSPS) is 14.8. The molecule has 0 bridgehead atoms. The number of carbonyl (C=O) groups excluding carboxylic acids is 1. The molecule has 4 rings (SSSR count). The molecule has 1 aliphatic heterocycles. The van der Waals surface area contributed by atoms with Crippen molar-refractivity contribution >= 4 is 5.91 Å². The SMILES string of the molecule is CC[C@@H](O)c1cc2n(n1)CCN(C(=O)Cc1ccc(-n3cnnn3)cc1)C2. The van der Waals surface area contributed by atoms with Crippen LogP contribution in [0.2, 0.25) is 0 Å². The van der Waals surface area contributed by atoms with Crippen LogP contribution in [0.15, 0.2) is 36.7 Å². The fraction of sp³-hybridized carbons (Fsp3) is 0.389. The lowest BCUT2D eigenvalue weighted by molar-refractivity contribution is -0.132. The van der Waals surface area contributed by atoms with Gasteiger partial charge in [0.25, 0.3) is 0 Å². The predicted octanol–water partition coefficient (Wildman–Crippen LogP) is 0.887. The van der Waals surface area contributed by atoms with E-state index < -0.39 is 6.10 Å². The third kappa shape index (κ3) is 3.59. The van der Waals surface area contributed by atoms with Crippen LogP contribution in [-0.4, -0.2) is 52.4 Å². The maximum absolute atomic E-state index is 12.7. The van der Waals surface area contributed by atoms with Crippen LogP contribution in [0.3, 0.4) is 0 Å². The number of aliphatic hydroxyl groups excluding tert-OH is 1. The molecule has 1 amide bonds. The van der Waals surface area contributed by atoms with E-state index >= 15 is 0 Å². The highest BCUT2D eigenvalue weighted by molar-refractivity contribution is 5.79. The van der Waals surface area contributed by atoms with Gasteiger partial charge in [-0.25, -0.2) is 4.68 Å². The number of nitrogens with zero attached hydrogens (tertiary/aromatic N) is 7. The highest BCUT2D eigenvalue weighted by atomic mass is 16.3. The van der Waals surface area contributed by atoms with Crippen molar-refractivity contribution in [1.82, 2.24) is 34.9 Å². The van der Waals surface area contributed by atoms with Gasteiger partial charge < -0.3 is 10.0 Å². The monoisotopic (exact) mass is 367 g/mol. The highest BCUT2D eigenvalue weighted by Gasteiger charge is 2.23. The molecule has 1 N–H and O–H groups in total. The van der Waals surface area contributed by atoms with E-state index in [1.54, 1.807) is 4.68 Å². The predicted molar refractivity (Wildman–Crippen MR) is 95.8 cm³/mol. The van der Waals surface area contributed by atoms with Gasteiger partial charge >= 0.3 is 0 Å². The number of carbonyl (C=O) groups is 1. The lowest BCUT2D eigenvalue weighted by atomic mass is 10.1. The summed E-state index contributed by atoms with van der Waals surface area (Å²) in [7, 11) is 0. The molecule has 0 saturated carbocycles. The topological polar surface area (TPSA) is 102 Å². The van der Waals surface area contributed by atoms with E-state index in [0.29, 0.717) is 38.2 Å². The summed E-state index contributed by atoms with van der Waals surface area (Å²) in [6, 6.07) is 9.51. The van der Waals surface area contributed by atoms with E-state index in [1.165, 1.54) is 6.33 Å². The molecule has 2 aromatic heterocycles. The second-order valence-corrected chi connectivity index (χ2v) is 6.62. The van der Waals surface area contributed by atoms with Gasteiger partial charge in [0.05, 0.1) is 42.7 Å². The summed E-state index contributed by atoms with van der Waals surface area (Å²) in [6.45, 7) is 3.71. The standard InChI is InChI=1S/C18H21N7O2/c1-2-17(26)16-10-15-11-23(7-8-24(15)20-16)18(27)9-13-3-5-14(6-4-13)25-12-19-21-22-25/h3-6,10,12,17,26H,2,7-9,11H2,1H3/t17-/m1/s1. The van der Waals surface area contributed by atoms with Crippen molar-refractivity contribution in [3.63, 3.8) is 0 Å². The minimum Gasteiger partial charge on any atom is -0.387 e. The van der Waals surface area contributed by atoms with Gasteiger partial charge in [0.2, 0.25) is 5.91 Å². The van der Waals surface area contributed by atoms with Gasteiger partial charge in [-0.15, -0.1) is 5.10 Å². The number of fused-ring (bicyclic) bond motifs is 1. The smallest absolute Gasteiger partial charge is 0.227 e. The number of amides is 1. The van der Waals surface area contributed by atoms with Crippen LogP contribution in [0.25, 0.3) is 5.69 Å². The molecule has 0 unspecified atom stereocenters. The zero-order valence-corrected chi connectivity index (χ0v) is 15.1. The summed E-state index contributed by atoms with van der Waals surface area (Å²) < 4.78 is 3.46. The molecule has 0 aliphatic carbocycles. The average Bonchev–Trinajstić information content (AvgIpc) is 3.37. The Morgan fingerprint density at radius 3 is 2.78 bits per heavy atom. The Labute approximate surface area is 156 Å². The van der Waals surface area contributed by atoms with Gasteiger partial charge in [-0.3, -0.25) is 9.48 Å². The number of rotatable bonds is 5. The Hall–Kier alpha value is -3.07. The van der Waals surface area contributed by atoms with Crippen molar-refractivity contribution in [1.29, 1.82) is 0 Å². The largest absolute Gasteiger partial charge is 0.387 e. The Morgan fingerprint density at radius 1 is 1.26 bits per heavy atom. The lowest BCUT2D eigenvalue weighted by Gasteiger charge is -2.27. The van der Waals surface area contributed by atoms with Crippen LogP contribution < -0.4 is 0 Å². The zero-order valence-electron chi connectivity index (χ0n) is 15.1. The molecule has 140 valence electrons. The third-order valence-corrected chi connectivity index (χ3v) is 4.80. The maximum atomic E-state index is 12.7. The zero-order chi connectivity index (χ0) is 18.8. The van der Waals surface area contributed by atoms with Gasteiger partial charge in [-0.2, -0.15) is 5.10 Å². The molecule has 3 aromatic rings. The summed E-state index contributed by atoms with van der Waals surface area (Å²) in [6.07, 6.45) is 1.94. The molecule has 0 spiro atoms. The van der Waals surface area contributed by atoms with Crippen LogP contribution in [0, 0.1) is 0 Å². The number of benzene rings is 1. The summed E-state index contributed by atoms with van der Waals surface area (Å²) in [5.74, 6) is 0.0789. The van der Waals surface area contributed by atoms with Crippen LogP contribution in [0.5, 0.6) is 0 Å². The van der Waals surface area contributed by atoms with Gasteiger partial charge in [0, 0.05) is 6.54 Å². The van der Waals surface area contributed by atoms with Crippen molar-refractivity contribution in [2.24, 2.45) is 0 Å².